The van der Waals surface area contributed by atoms with Gasteiger partial charge in [0.15, 0.2) is 0 Å². The predicted molar refractivity (Wildman–Crippen MR) is 55.7 cm³/mol. The Balaban J connectivity index is 2.31. The van der Waals surface area contributed by atoms with E-state index in [2.05, 4.69) is 18.7 Å². The molecule has 0 radical (unpaired) electrons. The van der Waals surface area contributed by atoms with Crippen LogP contribution in [0.4, 0.5) is 0 Å². The van der Waals surface area contributed by atoms with Gasteiger partial charge in [-0.15, -0.1) is 0 Å². The lowest BCUT2D eigenvalue weighted by Crippen LogP contribution is -2.32. The molecule has 3 atom stereocenters. The molecule has 0 aliphatic carbocycles. The number of hydrogen-bond donors (Lipinski definition) is 1. The highest BCUT2D eigenvalue weighted by Gasteiger charge is 2.28. The highest BCUT2D eigenvalue weighted by molar-refractivity contribution is 4.81. The van der Waals surface area contributed by atoms with Crippen molar-refractivity contribution in [1.82, 2.24) is 4.90 Å². The molecule has 2 nitrogen and oxygen atoms in total. The Labute approximate surface area is 81.9 Å². The van der Waals surface area contributed by atoms with Gasteiger partial charge in [-0.2, -0.15) is 0 Å². The SMILES string of the molecule is CCCC(C)N1CCC(C(C)O)C1. The third-order valence-electron chi connectivity index (χ3n) is 3.27. The summed E-state index contributed by atoms with van der Waals surface area (Å²) in [5.41, 5.74) is 0. The van der Waals surface area contributed by atoms with Gasteiger partial charge in [-0.1, -0.05) is 13.3 Å². The molecule has 0 aromatic rings. The van der Waals surface area contributed by atoms with Gasteiger partial charge in [0, 0.05) is 12.6 Å². The first-order valence-electron chi connectivity index (χ1n) is 5.57. The molecule has 0 aromatic heterocycles. The molecule has 0 bridgehead atoms. The normalized spacial score (nSPS) is 29.1. The van der Waals surface area contributed by atoms with Crippen molar-refractivity contribution in [3.8, 4) is 0 Å². The summed E-state index contributed by atoms with van der Waals surface area (Å²) in [7, 11) is 0. The molecule has 0 amide bonds. The van der Waals surface area contributed by atoms with E-state index in [1.807, 2.05) is 6.92 Å². The smallest absolute Gasteiger partial charge is 0.0552 e. The minimum absolute atomic E-state index is 0.126. The molecule has 0 saturated carbocycles. The van der Waals surface area contributed by atoms with E-state index in [0.29, 0.717) is 12.0 Å². The summed E-state index contributed by atoms with van der Waals surface area (Å²) in [5.74, 6) is 0.513. The van der Waals surface area contributed by atoms with Gasteiger partial charge in [0.2, 0.25) is 0 Å². The van der Waals surface area contributed by atoms with Gasteiger partial charge < -0.3 is 10.0 Å². The third-order valence-corrected chi connectivity index (χ3v) is 3.27. The quantitative estimate of drug-likeness (QED) is 0.723. The maximum absolute atomic E-state index is 9.45. The van der Waals surface area contributed by atoms with Crippen molar-refractivity contribution in [2.24, 2.45) is 5.92 Å². The first-order valence-corrected chi connectivity index (χ1v) is 5.57. The Morgan fingerprint density at radius 2 is 2.15 bits per heavy atom. The molecule has 1 rings (SSSR count). The lowest BCUT2D eigenvalue weighted by molar-refractivity contribution is 0.122. The van der Waals surface area contributed by atoms with Gasteiger partial charge in [0.05, 0.1) is 6.10 Å². The predicted octanol–water partition coefficient (Wildman–Crippen LogP) is 1.88. The van der Waals surface area contributed by atoms with Crippen molar-refractivity contribution < 1.29 is 5.11 Å². The molecule has 13 heavy (non-hydrogen) atoms. The van der Waals surface area contributed by atoms with Crippen molar-refractivity contribution in [1.29, 1.82) is 0 Å². The summed E-state index contributed by atoms with van der Waals surface area (Å²) < 4.78 is 0. The van der Waals surface area contributed by atoms with Crippen LogP contribution < -0.4 is 0 Å². The fourth-order valence-corrected chi connectivity index (χ4v) is 2.21. The third kappa shape index (κ3) is 2.96. The highest BCUT2D eigenvalue weighted by Crippen LogP contribution is 2.22. The maximum atomic E-state index is 9.45. The number of aliphatic hydroxyl groups excluding tert-OH is 1. The van der Waals surface area contributed by atoms with Crippen LogP contribution in [0.1, 0.15) is 40.0 Å². The van der Waals surface area contributed by atoms with E-state index >= 15 is 0 Å². The van der Waals surface area contributed by atoms with Crippen LogP contribution in [0.3, 0.4) is 0 Å². The zero-order valence-corrected chi connectivity index (χ0v) is 9.16. The zero-order chi connectivity index (χ0) is 9.84. The zero-order valence-electron chi connectivity index (χ0n) is 9.16. The molecule has 0 spiro atoms. The van der Waals surface area contributed by atoms with Gasteiger partial charge in [0.25, 0.3) is 0 Å². The molecule has 3 unspecified atom stereocenters. The van der Waals surface area contributed by atoms with Gasteiger partial charge in [0.1, 0.15) is 0 Å². The van der Waals surface area contributed by atoms with Gasteiger partial charge in [-0.05, 0) is 39.2 Å². The Kier molecular flexibility index (Phi) is 4.20. The summed E-state index contributed by atoms with van der Waals surface area (Å²) >= 11 is 0. The Morgan fingerprint density at radius 1 is 1.46 bits per heavy atom. The van der Waals surface area contributed by atoms with E-state index in [1.165, 1.54) is 25.8 Å². The molecule has 1 aliphatic heterocycles. The molecule has 1 aliphatic rings. The van der Waals surface area contributed by atoms with E-state index in [-0.39, 0.29) is 6.10 Å². The lowest BCUT2D eigenvalue weighted by atomic mass is 10.0. The monoisotopic (exact) mass is 185 g/mol. The molecule has 78 valence electrons. The average molecular weight is 185 g/mol. The second-order valence-electron chi connectivity index (χ2n) is 4.42. The summed E-state index contributed by atoms with van der Waals surface area (Å²) in [4.78, 5) is 2.51. The first kappa shape index (κ1) is 11.0. The highest BCUT2D eigenvalue weighted by atomic mass is 16.3. The second kappa shape index (κ2) is 4.97. The van der Waals surface area contributed by atoms with Crippen LogP contribution in [0.2, 0.25) is 0 Å². The minimum atomic E-state index is -0.126. The number of rotatable bonds is 4. The van der Waals surface area contributed by atoms with Crippen molar-refractivity contribution in [2.75, 3.05) is 13.1 Å². The topological polar surface area (TPSA) is 23.5 Å². The van der Waals surface area contributed by atoms with Crippen LogP contribution in [-0.2, 0) is 0 Å². The van der Waals surface area contributed by atoms with Crippen molar-refractivity contribution >= 4 is 0 Å². The summed E-state index contributed by atoms with van der Waals surface area (Å²) in [5, 5.41) is 9.45. The molecule has 1 N–H and O–H groups in total. The second-order valence-corrected chi connectivity index (χ2v) is 4.42. The number of likely N-dealkylation sites (tertiary alicyclic amines) is 1. The Hall–Kier alpha value is -0.0800. The lowest BCUT2D eigenvalue weighted by Gasteiger charge is -2.24. The van der Waals surface area contributed by atoms with Crippen molar-refractivity contribution in [3.63, 3.8) is 0 Å². The van der Waals surface area contributed by atoms with Crippen LogP contribution in [-0.4, -0.2) is 35.2 Å². The Bertz CT molecular complexity index is 147. The van der Waals surface area contributed by atoms with E-state index in [4.69, 9.17) is 0 Å². The van der Waals surface area contributed by atoms with Crippen LogP contribution in [0.25, 0.3) is 0 Å². The van der Waals surface area contributed by atoms with Gasteiger partial charge in [-0.25, -0.2) is 0 Å². The maximum Gasteiger partial charge on any atom is 0.0552 e. The standard InChI is InChI=1S/C11H23NO/c1-4-5-9(2)12-7-6-11(8-12)10(3)13/h9-11,13H,4-8H2,1-3H3. The molecule has 1 saturated heterocycles. The van der Waals surface area contributed by atoms with Crippen LogP contribution >= 0.6 is 0 Å². The van der Waals surface area contributed by atoms with Crippen LogP contribution in [0, 0.1) is 5.92 Å². The summed E-state index contributed by atoms with van der Waals surface area (Å²) in [6, 6.07) is 0.703. The van der Waals surface area contributed by atoms with Crippen LogP contribution in [0.5, 0.6) is 0 Å². The summed E-state index contributed by atoms with van der Waals surface area (Å²) in [6.45, 7) is 8.72. The molecule has 1 fully saturated rings. The van der Waals surface area contributed by atoms with Crippen molar-refractivity contribution in [3.05, 3.63) is 0 Å². The largest absolute Gasteiger partial charge is 0.393 e. The number of nitrogens with zero attached hydrogens (tertiary/aromatic N) is 1. The molecular formula is C11H23NO. The minimum Gasteiger partial charge on any atom is -0.393 e. The molecular weight excluding hydrogens is 162 g/mol. The molecule has 1 heterocycles. The molecule has 0 aromatic carbocycles. The number of aliphatic hydroxyl groups is 1. The summed E-state index contributed by atoms with van der Waals surface area (Å²) in [6.07, 6.45) is 3.59. The van der Waals surface area contributed by atoms with Gasteiger partial charge in [-0.3, -0.25) is 0 Å². The van der Waals surface area contributed by atoms with Gasteiger partial charge >= 0.3 is 0 Å². The Morgan fingerprint density at radius 3 is 2.62 bits per heavy atom. The fourth-order valence-electron chi connectivity index (χ4n) is 2.21. The van der Waals surface area contributed by atoms with E-state index in [0.717, 1.165) is 6.54 Å². The number of hydrogen-bond acceptors (Lipinski definition) is 2. The van der Waals surface area contributed by atoms with Crippen LogP contribution in [0.15, 0.2) is 0 Å². The van der Waals surface area contributed by atoms with E-state index in [1.54, 1.807) is 0 Å². The average Bonchev–Trinajstić information content (AvgIpc) is 2.52. The van der Waals surface area contributed by atoms with E-state index < -0.39 is 0 Å². The first-order chi connectivity index (χ1) is 6.15. The van der Waals surface area contributed by atoms with Crippen molar-refractivity contribution in [2.45, 2.75) is 52.2 Å². The van der Waals surface area contributed by atoms with E-state index in [9.17, 15) is 5.11 Å². The fraction of sp³-hybridized carbons (Fsp3) is 1.00. The molecule has 2 heteroatoms.